The number of fused-ring (bicyclic) bond motifs is 2. The predicted octanol–water partition coefficient (Wildman–Crippen LogP) is 5.69. The SMILES string of the molecule is CCOCc1cc2c(c(C(C)(C)C)c1)C(C)(C)c1ccc(OCCN3CCOCC3)cc1N2C(=O)O. The topological polar surface area (TPSA) is 71.5 Å². The molecule has 2 aromatic carbocycles. The standard InChI is InChI=1S/C29H40N2O5/c1-7-34-19-20-16-23(28(2,3)4)26-25(17-20)31(27(32)33)24-18-21(8-9-22(24)29(26,5)6)36-15-12-30-10-13-35-14-11-30/h8-9,16-18H,7,10-15,19H2,1-6H3,(H,32,33). The van der Waals surface area contributed by atoms with Gasteiger partial charge in [-0.25, -0.2) is 9.69 Å². The lowest BCUT2D eigenvalue weighted by molar-refractivity contribution is 0.0322. The zero-order valence-electron chi connectivity index (χ0n) is 22.5. The van der Waals surface area contributed by atoms with E-state index in [4.69, 9.17) is 14.2 Å². The van der Waals surface area contributed by atoms with E-state index in [2.05, 4.69) is 45.6 Å². The van der Waals surface area contributed by atoms with Crippen LogP contribution in [0.25, 0.3) is 0 Å². The summed E-state index contributed by atoms with van der Waals surface area (Å²) < 4.78 is 17.2. The van der Waals surface area contributed by atoms with Crippen molar-refractivity contribution < 1.29 is 24.1 Å². The van der Waals surface area contributed by atoms with E-state index in [1.807, 2.05) is 31.2 Å². The summed E-state index contributed by atoms with van der Waals surface area (Å²) >= 11 is 0. The second kappa shape index (κ2) is 10.4. The largest absolute Gasteiger partial charge is 0.492 e. The maximum absolute atomic E-state index is 12.7. The maximum atomic E-state index is 12.7. The van der Waals surface area contributed by atoms with Crippen molar-refractivity contribution in [1.29, 1.82) is 0 Å². The fourth-order valence-corrected chi connectivity index (χ4v) is 5.32. The van der Waals surface area contributed by atoms with Crippen molar-refractivity contribution in [2.24, 2.45) is 0 Å². The molecule has 2 aromatic rings. The molecule has 0 bridgehead atoms. The number of hydrogen-bond donors (Lipinski definition) is 1. The number of ether oxygens (including phenoxy) is 3. The van der Waals surface area contributed by atoms with Crippen LogP contribution in [-0.2, 0) is 26.9 Å². The van der Waals surface area contributed by atoms with Gasteiger partial charge in [0.1, 0.15) is 12.4 Å². The average Bonchev–Trinajstić information content (AvgIpc) is 2.82. The molecule has 1 amide bonds. The molecule has 1 N–H and O–H groups in total. The molecule has 2 aliphatic heterocycles. The second-order valence-electron chi connectivity index (χ2n) is 11.1. The fourth-order valence-electron chi connectivity index (χ4n) is 5.32. The lowest BCUT2D eigenvalue weighted by Gasteiger charge is -2.43. The molecule has 0 atom stereocenters. The molecule has 0 saturated carbocycles. The first-order valence-corrected chi connectivity index (χ1v) is 12.9. The van der Waals surface area contributed by atoms with Gasteiger partial charge in [-0.3, -0.25) is 4.90 Å². The van der Waals surface area contributed by atoms with Crippen molar-refractivity contribution in [1.82, 2.24) is 4.90 Å². The number of carbonyl (C=O) groups is 1. The van der Waals surface area contributed by atoms with Crippen molar-refractivity contribution in [3.63, 3.8) is 0 Å². The summed E-state index contributed by atoms with van der Waals surface area (Å²) in [5, 5.41) is 10.4. The highest BCUT2D eigenvalue weighted by molar-refractivity contribution is 6.00. The highest BCUT2D eigenvalue weighted by Crippen LogP contribution is 2.53. The van der Waals surface area contributed by atoms with Gasteiger partial charge in [-0.15, -0.1) is 0 Å². The molecule has 1 fully saturated rings. The first kappa shape index (κ1) is 26.5. The van der Waals surface area contributed by atoms with Gasteiger partial charge in [0.15, 0.2) is 0 Å². The van der Waals surface area contributed by atoms with Crippen molar-refractivity contribution in [3.05, 3.63) is 52.6 Å². The highest BCUT2D eigenvalue weighted by atomic mass is 16.5. The molecule has 7 nitrogen and oxygen atoms in total. The van der Waals surface area contributed by atoms with Crippen LogP contribution >= 0.6 is 0 Å². The number of amides is 1. The van der Waals surface area contributed by atoms with Gasteiger partial charge in [0, 0.05) is 37.7 Å². The Morgan fingerprint density at radius 2 is 1.83 bits per heavy atom. The summed E-state index contributed by atoms with van der Waals surface area (Å²) in [5.74, 6) is 0.675. The van der Waals surface area contributed by atoms with Gasteiger partial charge in [-0.05, 0) is 46.7 Å². The van der Waals surface area contributed by atoms with Crippen LogP contribution in [0.3, 0.4) is 0 Å². The van der Waals surface area contributed by atoms with Crippen LogP contribution in [0.1, 0.15) is 63.8 Å². The Balaban J connectivity index is 1.75. The molecule has 2 aliphatic rings. The van der Waals surface area contributed by atoms with Crippen LogP contribution in [0.2, 0.25) is 0 Å². The van der Waals surface area contributed by atoms with Gasteiger partial charge >= 0.3 is 6.09 Å². The predicted molar refractivity (Wildman–Crippen MR) is 142 cm³/mol. The van der Waals surface area contributed by atoms with Crippen molar-refractivity contribution in [2.45, 2.75) is 59.0 Å². The number of carboxylic acid groups (broad SMARTS) is 1. The summed E-state index contributed by atoms with van der Waals surface area (Å²) in [6.07, 6.45) is -1.01. The fraction of sp³-hybridized carbons (Fsp3) is 0.552. The molecule has 2 heterocycles. The number of nitrogens with zero attached hydrogens (tertiary/aromatic N) is 2. The molecule has 36 heavy (non-hydrogen) atoms. The molecule has 0 aliphatic carbocycles. The van der Waals surface area contributed by atoms with Gasteiger partial charge < -0.3 is 19.3 Å². The number of hydrogen-bond acceptors (Lipinski definition) is 5. The number of morpholine rings is 1. The smallest absolute Gasteiger partial charge is 0.416 e. The first-order valence-electron chi connectivity index (χ1n) is 12.9. The van der Waals surface area contributed by atoms with E-state index in [0.717, 1.165) is 55.1 Å². The Morgan fingerprint density at radius 3 is 2.47 bits per heavy atom. The zero-order chi connectivity index (χ0) is 26.1. The molecule has 196 valence electrons. The summed E-state index contributed by atoms with van der Waals surface area (Å²) in [6, 6.07) is 10.0. The number of benzene rings is 2. The third kappa shape index (κ3) is 5.24. The lowest BCUT2D eigenvalue weighted by atomic mass is 9.67. The van der Waals surface area contributed by atoms with Gasteiger partial charge in [-0.2, -0.15) is 0 Å². The molecular weight excluding hydrogens is 456 g/mol. The highest BCUT2D eigenvalue weighted by Gasteiger charge is 2.42. The molecule has 0 radical (unpaired) electrons. The molecule has 1 saturated heterocycles. The van der Waals surface area contributed by atoms with Gasteiger partial charge in [0.05, 0.1) is 31.2 Å². The quantitative estimate of drug-likeness (QED) is 0.531. The van der Waals surface area contributed by atoms with Crippen molar-refractivity contribution in [3.8, 4) is 5.75 Å². The zero-order valence-corrected chi connectivity index (χ0v) is 22.5. The van der Waals surface area contributed by atoms with Crippen LogP contribution in [0.5, 0.6) is 5.75 Å². The molecule has 0 unspecified atom stereocenters. The first-order chi connectivity index (χ1) is 17.0. The minimum Gasteiger partial charge on any atom is -0.492 e. The monoisotopic (exact) mass is 496 g/mol. The van der Waals surface area contributed by atoms with Gasteiger partial charge in [0.25, 0.3) is 0 Å². The van der Waals surface area contributed by atoms with Gasteiger partial charge in [0.2, 0.25) is 0 Å². The van der Waals surface area contributed by atoms with E-state index in [-0.39, 0.29) is 5.41 Å². The van der Waals surface area contributed by atoms with Crippen molar-refractivity contribution in [2.75, 3.05) is 51.0 Å². The Morgan fingerprint density at radius 1 is 1.11 bits per heavy atom. The summed E-state index contributed by atoms with van der Waals surface area (Å²) in [5.41, 5.74) is 4.92. The molecule has 4 rings (SSSR count). The number of anilines is 2. The Labute approximate surface area is 214 Å². The normalized spacial score (nSPS) is 17.4. The summed E-state index contributed by atoms with van der Waals surface area (Å²) in [4.78, 5) is 16.5. The number of rotatable bonds is 7. The second-order valence-corrected chi connectivity index (χ2v) is 11.1. The van der Waals surface area contributed by atoms with E-state index in [9.17, 15) is 9.90 Å². The van der Waals surface area contributed by atoms with E-state index < -0.39 is 11.5 Å². The Kier molecular flexibility index (Phi) is 7.64. The molecular formula is C29H40N2O5. The molecule has 0 spiro atoms. The van der Waals surface area contributed by atoms with Crippen molar-refractivity contribution >= 4 is 17.5 Å². The third-order valence-electron chi connectivity index (χ3n) is 7.18. The minimum absolute atomic E-state index is 0.173. The van der Waals surface area contributed by atoms with E-state index in [0.29, 0.717) is 36.9 Å². The van der Waals surface area contributed by atoms with Crippen LogP contribution in [0, 0.1) is 0 Å². The maximum Gasteiger partial charge on any atom is 0.416 e. The average molecular weight is 497 g/mol. The summed E-state index contributed by atoms with van der Waals surface area (Å²) in [7, 11) is 0. The molecule has 7 heteroatoms. The van der Waals surface area contributed by atoms with E-state index >= 15 is 0 Å². The van der Waals surface area contributed by atoms with Crippen LogP contribution in [0.15, 0.2) is 30.3 Å². The van der Waals surface area contributed by atoms with Gasteiger partial charge in [-0.1, -0.05) is 46.8 Å². The third-order valence-corrected chi connectivity index (χ3v) is 7.18. The minimum atomic E-state index is -1.01. The Bertz CT molecular complexity index is 1100. The van der Waals surface area contributed by atoms with E-state index in [1.165, 1.54) is 4.90 Å². The Hall–Kier alpha value is -2.61. The van der Waals surface area contributed by atoms with Crippen LogP contribution in [0.4, 0.5) is 16.2 Å². The van der Waals surface area contributed by atoms with Crippen LogP contribution in [-0.4, -0.2) is 62.2 Å². The lowest BCUT2D eigenvalue weighted by Crippen LogP contribution is -2.39. The summed E-state index contributed by atoms with van der Waals surface area (Å²) in [6.45, 7) is 18.6. The van der Waals surface area contributed by atoms with E-state index in [1.54, 1.807) is 0 Å². The molecule has 0 aromatic heterocycles. The van der Waals surface area contributed by atoms with Crippen LogP contribution < -0.4 is 9.64 Å².